The summed E-state index contributed by atoms with van der Waals surface area (Å²) in [6, 6.07) is 18.1. The van der Waals surface area contributed by atoms with Crippen molar-refractivity contribution in [3.63, 3.8) is 0 Å². The van der Waals surface area contributed by atoms with E-state index >= 15 is 0 Å². The van der Waals surface area contributed by atoms with Crippen molar-refractivity contribution in [2.24, 2.45) is 5.92 Å². The van der Waals surface area contributed by atoms with Gasteiger partial charge in [-0.25, -0.2) is 0 Å². The second-order valence-corrected chi connectivity index (χ2v) is 7.07. The van der Waals surface area contributed by atoms with Gasteiger partial charge in [-0.2, -0.15) is 0 Å². The molecule has 0 atom stereocenters. The highest BCUT2D eigenvalue weighted by molar-refractivity contribution is 5.48. The number of hydrogen-bond acceptors (Lipinski definition) is 1. The quantitative estimate of drug-likeness (QED) is 0.613. The minimum atomic E-state index is 0.944. The topological polar surface area (TPSA) is 3.24 Å². The Kier molecular flexibility index (Phi) is 5.38. The van der Waals surface area contributed by atoms with Crippen LogP contribution in [0.1, 0.15) is 49.3 Å². The van der Waals surface area contributed by atoms with Crippen LogP contribution < -0.4 is 4.90 Å². The predicted octanol–water partition coefficient (Wildman–Crippen LogP) is 5.60. The maximum atomic E-state index is 2.59. The SMILES string of the molecule is CCCCN(CC1CC1)c1ccc(Cc2ccc(C)cc2)cc1. The van der Waals surface area contributed by atoms with Crippen LogP contribution in [0.15, 0.2) is 48.5 Å². The molecule has 0 aliphatic heterocycles. The van der Waals surface area contributed by atoms with Crippen molar-refractivity contribution in [2.45, 2.75) is 46.0 Å². The fraction of sp³-hybridized carbons (Fsp3) is 0.455. The third-order valence-electron chi connectivity index (χ3n) is 4.79. The Labute approximate surface area is 141 Å². The lowest BCUT2D eigenvalue weighted by atomic mass is 10.0. The van der Waals surface area contributed by atoms with Gasteiger partial charge in [-0.05, 0) is 61.8 Å². The molecule has 2 aromatic carbocycles. The van der Waals surface area contributed by atoms with Crippen LogP contribution in [0.2, 0.25) is 0 Å². The van der Waals surface area contributed by atoms with E-state index in [-0.39, 0.29) is 0 Å². The maximum Gasteiger partial charge on any atom is 0.0366 e. The molecular weight excluding hydrogens is 278 g/mol. The van der Waals surface area contributed by atoms with E-state index in [0.717, 1.165) is 12.3 Å². The van der Waals surface area contributed by atoms with E-state index in [0.29, 0.717) is 0 Å². The second kappa shape index (κ2) is 7.68. The molecule has 1 fully saturated rings. The zero-order valence-corrected chi connectivity index (χ0v) is 14.6. The zero-order valence-electron chi connectivity index (χ0n) is 14.6. The summed E-state index contributed by atoms with van der Waals surface area (Å²) in [5.74, 6) is 0.944. The molecule has 0 spiro atoms. The minimum absolute atomic E-state index is 0.944. The predicted molar refractivity (Wildman–Crippen MR) is 100 cm³/mol. The van der Waals surface area contributed by atoms with Gasteiger partial charge in [-0.3, -0.25) is 0 Å². The van der Waals surface area contributed by atoms with E-state index in [1.54, 1.807) is 0 Å². The summed E-state index contributed by atoms with van der Waals surface area (Å²) in [7, 11) is 0. The van der Waals surface area contributed by atoms with Crippen molar-refractivity contribution >= 4 is 5.69 Å². The third-order valence-corrected chi connectivity index (χ3v) is 4.79. The lowest BCUT2D eigenvalue weighted by Gasteiger charge is -2.25. The van der Waals surface area contributed by atoms with Gasteiger partial charge in [0.15, 0.2) is 0 Å². The first-order valence-corrected chi connectivity index (χ1v) is 9.14. The average molecular weight is 307 g/mol. The van der Waals surface area contributed by atoms with Crippen LogP contribution in [0.3, 0.4) is 0 Å². The molecule has 0 saturated heterocycles. The van der Waals surface area contributed by atoms with Gasteiger partial charge in [-0.1, -0.05) is 55.3 Å². The summed E-state index contributed by atoms with van der Waals surface area (Å²) in [4.78, 5) is 2.59. The number of nitrogens with zero attached hydrogens (tertiary/aromatic N) is 1. The Morgan fingerprint density at radius 3 is 2.09 bits per heavy atom. The molecule has 122 valence electrons. The molecule has 0 N–H and O–H groups in total. The summed E-state index contributed by atoms with van der Waals surface area (Å²) in [5.41, 5.74) is 5.53. The Morgan fingerprint density at radius 1 is 0.913 bits per heavy atom. The molecule has 1 nitrogen and oxygen atoms in total. The summed E-state index contributed by atoms with van der Waals surface area (Å²) in [6.07, 6.45) is 6.44. The van der Waals surface area contributed by atoms with Crippen LogP contribution in [0.4, 0.5) is 5.69 Å². The zero-order chi connectivity index (χ0) is 16.1. The highest BCUT2D eigenvalue weighted by Crippen LogP contribution is 2.31. The van der Waals surface area contributed by atoms with Gasteiger partial charge in [0, 0.05) is 18.8 Å². The van der Waals surface area contributed by atoms with Gasteiger partial charge in [-0.15, -0.1) is 0 Å². The van der Waals surface area contributed by atoms with Crippen molar-refractivity contribution in [3.8, 4) is 0 Å². The van der Waals surface area contributed by atoms with Gasteiger partial charge in [0.25, 0.3) is 0 Å². The standard InChI is InChI=1S/C22H29N/c1-3-4-15-23(17-21-9-10-21)22-13-11-20(12-14-22)16-19-7-5-18(2)6-8-19/h5-8,11-14,21H,3-4,9-10,15-17H2,1-2H3. The number of benzene rings is 2. The van der Waals surface area contributed by atoms with E-state index in [4.69, 9.17) is 0 Å². The Balaban J connectivity index is 1.65. The van der Waals surface area contributed by atoms with Crippen LogP contribution >= 0.6 is 0 Å². The van der Waals surface area contributed by atoms with Gasteiger partial charge in [0.1, 0.15) is 0 Å². The molecular formula is C22H29N. The van der Waals surface area contributed by atoms with Crippen LogP contribution in [0, 0.1) is 12.8 Å². The van der Waals surface area contributed by atoms with Crippen molar-refractivity contribution in [3.05, 3.63) is 65.2 Å². The fourth-order valence-electron chi connectivity index (χ4n) is 3.05. The molecule has 0 bridgehead atoms. The Bertz CT molecular complexity index is 593. The number of hydrogen-bond donors (Lipinski definition) is 0. The van der Waals surface area contributed by atoms with Gasteiger partial charge >= 0.3 is 0 Å². The van der Waals surface area contributed by atoms with Crippen molar-refractivity contribution in [1.29, 1.82) is 0 Å². The minimum Gasteiger partial charge on any atom is -0.371 e. The molecule has 1 saturated carbocycles. The summed E-state index contributed by atoms with van der Waals surface area (Å²) in [5, 5.41) is 0. The molecule has 0 heterocycles. The van der Waals surface area contributed by atoms with Gasteiger partial charge in [0.05, 0.1) is 0 Å². The molecule has 0 amide bonds. The molecule has 0 radical (unpaired) electrons. The Morgan fingerprint density at radius 2 is 1.52 bits per heavy atom. The van der Waals surface area contributed by atoms with Crippen molar-refractivity contribution in [1.82, 2.24) is 0 Å². The number of unbranched alkanes of at least 4 members (excludes halogenated alkanes) is 1. The number of rotatable bonds is 8. The van der Waals surface area contributed by atoms with E-state index in [9.17, 15) is 0 Å². The number of aryl methyl sites for hydroxylation is 1. The van der Waals surface area contributed by atoms with Crippen LogP contribution in [-0.2, 0) is 6.42 Å². The first-order chi connectivity index (χ1) is 11.2. The van der Waals surface area contributed by atoms with E-state index in [2.05, 4.69) is 67.3 Å². The molecule has 3 rings (SSSR count). The molecule has 0 unspecified atom stereocenters. The normalized spacial score (nSPS) is 14.0. The first-order valence-electron chi connectivity index (χ1n) is 9.14. The van der Waals surface area contributed by atoms with Crippen LogP contribution in [0.5, 0.6) is 0 Å². The van der Waals surface area contributed by atoms with Gasteiger partial charge < -0.3 is 4.90 Å². The van der Waals surface area contributed by atoms with Crippen LogP contribution in [0.25, 0.3) is 0 Å². The third kappa shape index (κ3) is 4.86. The van der Waals surface area contributed by atoms with Gasteiger partial charge in [0.2, 0.25) is 0 Å². The molecule has 1 aliphatic rings. The summed E-state index contributed by atoms with van der Waals surface area (Å²) < 4.78 is 0. The first kappa shape index (κ1) is 16.1. The smallest absolute Gasteiger partial charge is 0.0366 e. The average Bonchev–Trinajstić information content (AvgIpc) is 3.38. The van der Waals surface area contributed by atoms with E-state index in [1.165, 1.54) is 61.2 Å². The van der Waals surface area contributed by atoms with E-state index < -0.39 is 0 Å². The molecule has 23 heavy (non-hydrogen) atoms. The molecule has 1 aliphatic carbocycles. The van der Waals surface area contributed by atoms with Crippen LogP contribution in [-0.4, -0.2) is 13.1 Å². The highest BCUT2D eigenvalue weighted by atomic mass is 15.1. The molecule has 1 heteroatoms. The largest absolute Gasteiger partial charge is 0.371 e. The maximum absolute atomic E-state index is 2.59. The lowest BCUT2D eigenvalue weighted by molar-refractivity contribution is 0.678. The number of anilines is 1. The van der Waals surface area contributed by atoms with Crippen molar-refractivity contribution in [2.75, 3.05) is 18.0 Å². The highest BCUT2D eigenvalue weighted by Gasteiger charge is 2.24. The molecule has 0 aromatic heterocycles. The fourth-order valence-corrected chi connectivity index (χ4v) is 3.05. The summed E-state index contributed by atoms with van der Waals surface area (Å²) in [6.45, 7) is 6.87. The molecule has 2 aromatic rings. The monoisotopic (exact) mass is 307 g/mol. The Hall–Kier alpha value is -1.76. The van der Waals surface area contributed by atoms with E-state index in [1.807, 2.05) is 0 Å². The second-order valence-electron chi connectivity index (χ2n) is 7.07. The van der Waals surface area contributed by atoms with Crippen molar-refractivity contribution < 1.29 is 0 Å². The lowest BCUT2D eigenvalue weighted by Crippen LogP contribution is -2.26. The summed E-state index contributed by atoms with van der Waals surface area (Å²) >= 11 is 0.